The zero-order chi connectivity index (χ0) is 16.9. The zero-order valence-corrected chi connectivity index (χ0v) is 13.3. The van der Waals surface area contributed by atoms with Crippen molar-refractivity contribution in [2.24, 2.45) is 0 Å². The molecule has 0 aliphatic carbocycles. The third-order valence-electron chi connectivity index (χ3n) is 3.61. The Labute approximate surface area is 140 Å². The average molecular weight is 326 g/mol. The minimum Gasteiger partial charge on any atom is -0.484 e. The summed E-state index contributed by atoms with van der Waals surface area (Å²) in [5, 5.41) is 2.75. The summed E-state index contributed by atoms with van der Waals surface area (Å²) in [4.78, 5) is 25.0. The highest BCUT2D eigenvalue weighted by Gasteiger charge is 2.23. The van der Waals surface area contributed by atoms with E-state index in [9.17, 15) is 9.59 Å². The number of nitrogens with zero attached hydrogens (tertiary/aromatic N) is 1. The van der Waals surface area contributed by atoms with Gasteiger partial charge in [0.1, 0.15) is 12.4 Å². The molecule has 1 saturated heterocycles. The summed E-state index contributed by atoms with van der Waals surface area (Å²) in [6.45, 7) is 2.86. The first kappa shape index (κ1) is 15.9. The highest BCUT2D eigenvalue weighted by molar-refractivity contribution is 5.93. The van der Waals surface area contributed by atoms with E-state index in [1.807, 2.05) is 31.2 Å². The van der Waals surface area contributed by atoms with Crippen LogP contribution in [0.15, 0.2) is 48.5 Å². The summed E-state index contributed by atoms with van der Waals surface area (Å²) in [7, 11) is 0. The van der Waals surface area contributed by atoms with E-state index in [0.717, 1.165) is 11.3 Å². The van der Waals surface area contributed by atoms with Crippen molar-refractivity contribution in [3.05, 3.63) is 54.1 Å². The molecule has 0 spiro atoms. The number of benzene rings is 2. The van der Waals surface area contributed by atoms with Crippen molar-refractivity contribution >= 4 is 23.4 Å². The van der Waals surface area contributed by atoms with Crippen LogP contribution in [0.5, 0.6) is 5.75 Å². The lowest BCUT2D eigenvalue weighted by Gasteiger charge is -2.13. The Morgan fingerprint density at radius 3 is 2.50 bits per heavy atom. The fourth-order valence-electron chi connectivity index (χ4n) is 2.33. The van der Waals surface area contributed by atoms with Gasteiger partial charge in [0.2, 0.25) is 0 Å². The Hall–Kier alpha value is -3.02. The van der Waals surface area contributed by atoms with Crippen LogP contribution in [0.2, 0.25) is 0 Å². The normalized spacial score (nSPS) is 13.5. The van der Waals surface area contributed by atoms with Crippen LogP contribution in [0.1, 0.15) is 5.56 Å². The number of carbonyl (C=O) groups is 2. The molecule has 3 rings (SSSR count). The maximum absolute atomic E-state index is 11.9. The fourth-order valence-corrected chi connectivity index (χ4v) is 2.33. The highest BCUT2D eigenvalue weighted by atomic mass is 16.6. The molecule has 1 aliphatic rings. The van der Waals surface area contributed by atoms with Gasteiger partial charge in [-0.25, -0.2) is 4.79 Å². The van der Waals surface area contributed by atoms with Crippen molar-refractivity contribution in [2.75, 3.05) is 30.0 Å². The molecule has 6 nitrogen and oxygen atoms in total. The first-order valence-electron chi connectivity index (χ1n) is 7.65. The lowest BCUT2D eigenvalue weighted by Crippen LogP contribution is -2.23. The van der Waals surface area contributed by atoms with Crippen LogP contribution in [0.3, 0.4) is 0 Å². The second-order valence-corrected chi connectivity index (χ2v) is 5.46. The van der Waals surface area contributed by atoms with Gasteiger partial charge in [0, 0.05) is 11.4 Å². The minimum atomic E-state index is -0.349. The molecular weight excluding hydrogens is 308 g/mol. The van der Waals surface area contributed by atoms with Gasteiger partial charge in [-0.05, 0) is 43.3 Å². The third-order valence-corrected chi connectivity index (χ3v) is 3.61. The predicted molar refractivity (Wildman–Crippen MR) is 90.4 cm³/mol. The molecule has 0 aromatic heterocycles. The molecule has 2 aromatic carbocycles. The smallest absolute Gasteiger partial charge is 0.414 e. The van der Waals surface area contributed by atoms with Gasteiger partial charge in [0.05, 0.1) is 6.54 Å². The van der Waals surface area contributed by atoms with Gasteiger partial charge in [0.15, 0.2) is 6.61 Å². The molecular formula is C18H18N2O4. The Morgan fingerprint density at radius 2 is 1.88 bits per heavy atom. The number of carbonyl (C=O) groups excluding carboxylic acids is 2. The number of hydrogen-bond acceptors (Lipinski definition) is 4. The van der Waals surface area contributed by atoms with Crippen LogP contribution in [0.4, 0.5) is 16.2 Å². The van der Waals surface area contributed by atoms with E-state index < -0.39 is 0 Å². The second-order valence-electron chi connectivity index (χ2n) is 5.46. The molecule has 0 saturated carbocycles. The molecule has 0 atom stereocenters. The number of ether oxygens (including phenoxy) is 2. The Bertz CT molecular complexity index is 726. The number of rotatable bonds is 5. The van der Waals surface area contributed by atoms with E-state index in [0.29, 0.717) is 24.6 Å². The molecule has 1 fully saturated rings. The monoisotopic (exact) mass is 326 g/mol. The van der Waals surface area contributed by atoms with Gasteiger partial charge in [-0.1, -0.05) is 17.7 Å². The minimum absolute atomic E-state index is 0.0662. The summed E-state index contributed by atoms with van der Waals surface area (Å²) < 4.78 is 10.3. The quantitative estimate of drug-likeness (QED) is 0.917. The van der Waals surface area contributed by atoms with Crippen molar-refractivity contribution < 1.29 is 19.1 Å². The van der Waals surface area contributed by atoms with Gasteiger partial charge < -0.3 is 14.8 Å². The topological polar surface area (TPSA) is 67.9 Å². The van der Waals surface area contributed by atoms with Gasteiger partial charge in [-0.15, -0.1) is 0 Å². The lowest BCUT2D eigenvalue weighted by molar-refractivity contribution is -0.118. The van der Waals surface area contributed by atoms with E-state index in [2.05, 4.69) is 5.32 Å². The number of nitrogens with one attached hydrogen (secondary N) is 1. The molecule has 1 N–H and O–H groups in total. The van der Waals surface area contributed by atoms with E-state index >= 15 is 0 Å². The summed E-state index contributed by atoms with van der Waals surface area (Å²) in [6.07, 6.45) is -0.349. The van der Waals surface area contributed by atoms with Crippen LogP contribution in [0, 0.1) is 6.92 Å². The van der Waals surface area contributed by atoms with E-state index in [1.165, 1.54) is 0 Å². The molecule has 0 bridgehead atoms. The van der Waals surface area contributed by atoms with Gasteiger partial charge >= 0.3 is 6.09 Å². The number of hydrogen-bond donors (Lipinski definition) is 1. The fraction of sp³-hybridized carbons (Fsp3) is 0.222. The molecule has 0 unspecified atom stereocenters. The highest BCUT2D eigenvalue weighted by Crippen LogP contribution is 2.21. The van der Waals surface area contributed by atoms with E-state index in [-0.39, 0.29) is 18.6 Å². The van der Waals surface area contributed by atoms with Crippen LogP contribution in [0.25, 0.3) is 0 Å². The summed E-state index contributed by atoms with van der Waals surface area (Å²) in [5.74, 6) is 0.405. The zero-order valence-electron chi connectivity index (χ0n) is 13.3. The van der Waals surface area contributed by atoms with Crippen molar-refractivity contribution in [1.29, 1.82) is 0 Å². The molecule has 2 amide bonds. The standard InChI is InChI=1S/C18H18N2O4/c1-13-2-8-16(9-3-13)24-12-17(21)19-14-4-6-15(7-5-14)20-10-11-23-18(20)22/h2-9H,10-12H2,1H3,(H,19,21). The van der Waals surface area contributed by atoms with Crippen LogP contribution >= 0.6 is 0 Å². The largest absolute Gasteiger partial charge is 0.484 e. The van der Waals surface area contributed by atoms with Crippen LogP contribution in [-0.2, 0) is 9.53 Å². The molecule has 1 aliphatic heterocycles. The molecule has 6 heteroatoms. The SMILES string of the molecule is Cc1ccc(OCC(=O)Nc2ccc(N3CCOC3=O)cc2)cc1. The van der Waals surface area contributed by atoms with E-state index in [1.54, 1.807) is 29.2 Å². The third kappa shape index (κ3) is 3.84. The number of aryl methyl sites for hydroxylation is 1. The maximum Gasteiger partial charge on any atom is 0.414 e. The Balaban J connectivity index is 1.52. The van der Waals surface area contributed by atoms with Crippen molar-refractivity contribution in [1.82, 2.24) is 0 Å². The molecule has 1 heterocycles. The average Bonchev–Trinajstić information content (AvgIpc) is 3.01. The summed E-state index contributed by atoms with van der Waals surface area (Å²) in [5.41, 5.74) is 2.52. The van der Waals surface area contributed by atoms with Gasteiger partial charge in [0.25, 0.3) is 5.91 Å². The lowest BCUT2D eigenvalue weighted by atomic mass is 10.2. The summed E-state index contributed by atoms with van der Waals surface area (Å²) in [6, 6.07) is 14.5. The number of anilines is 2. The summed E-state index contributed by atoms with van der Waals surface area (Å²) >= 11 is 0. The van der Waals surface area contributed by atoms with E-state index in [4.69, 9.17) is 9.47 Å². The van der Waals surface area contributed by atoms with Crippen LogP contribution < -0.4 is 15.0 Å². The predicted octanol–water partition coefficient (Wildman–Crippen LogP) is 2.97. The molecule has 2 aromatic rings. The maximum atomic E-state index is 11.9. The molecule has 124 valence electrons. The Morgan fingerprint density at radius 1 is 1.17 bits per heavy atom. The van der Waals surface area contributed by atoms with Crippen LogP contribution in [-0.4, -0.2) is 31.8 Å². The van der Waals surface area contributed by atoms with Crippen molar-refractivity contribution in [3.8, 4) is 5.75 Å². The Kier molecular flexibility index (Phi) is 4.65. The first-order chi connectivity index (χ1) is 11.6. The molecule has 24 heavy (non-hydrogen) atoms. The second kappa shape index (κ2) is 7.04. The van der Waals surface area contributed by atoms with Gasteiger partial charge in [-0.3, -0.25) is 9.69 Å². The number of amides is 2. The molecule has 0 radical (unpaired) electrons. The number of cyclic esters (lactones) is 1. The van der Waals surface area contributed by atoms with Crippen molar-refractivity contribution in [2.45, 2.75) is 6.92 Å². The van der Waals surface area contributed by atoms with Crippen molar-refractivity contribution in [3.63, 3.8) is 0 Å². The van der Waals surface area contributed by atoms with Gasteiger partial charge in [-0.2, -0.15) is 0 Å². The first-order valence-corrected chi connectivity index (χ1v) is 7.65.